The summed E-state index contributed by atoms with van der Waals surface area (Å²) in [7, 11) is 0. The molecule has 16 heavy (non-hydrogen) atoms. The molecule has 5 heteroatoms. The van der Waals surface area contributed by atoms with E-state index in [4.69, 9.17) is 0 Å². The molecule has 1 rings (SSSR count). The number of carbonyl (C=O) groups excluding carboxylic acids is 1. The van der Waals surface area contributed by atoms with E-state index >= 15 is 0 Å². The minimum Gasteiger partial charge on any atom is -0.373 e. The highest BCUT2D eigenvalue weighted by molar-refractivity contribution is 9.10. The lowest BCUT2D eigenvalue weighted by Gasteiger charge is -2.14. The van der Waals surface area contributed by atoms with Crippen molar-refractivity contribution in [2.24, 2.45) is 0 Å². The van der Waals surface area contributed by atoms with Crippen LogP contribution in [0.3, 0.4) is 0 Å². The summed E-state index contributed by atoms with van der Waals surface area (Å²) in [5.41, 5.74) is 0.827. The van der Waals surface area contributed by atoms with Crippen LogP contribution < -0.4 is 10.6 Å². The SMILES string of the molecule is CCCNC(=O)C(C)Nc1cncc(Br)c1. The Morgan fingerprint density at radius 2 is 2.31 bits per heavy atom. The molecule has 1 atom stereocenters. The fraction of sp³-hybridized carbons (Fsp3) is 0.455. The van der Waals surface area contributed by atoms with Crippen molar-refractivity contribution in [1.29, 1.82) is 0 Å². The second kappa shape index (κ2) is 6.48. The summed E-state index contributed by atoms with van der Waals surface area (Å²) in [5.74, 6) is 0.00169. The van der Waals surface area contributed by atoms with E-state index in [0.717, 1.165) is 16.6 Å². The lowest BCUT2D eigenvalue weighted by molar-refractivity contribution is -0.121. The molecule has 2 N–H and O–H groups in total. The summed E-state index contributed by atoms with van der Waals surface area (Å²) in [5, 5.41) is 5.92. The molecule has 4 nitrogen and oxygen atoms in total. The van der Waals surface area contributed by atoms with Gasteiger partial charge in [-0.15, -0.1) is 0 Å². The number of nitrogens with zero attached hydrogens (tertiary/aromatic N) is 1. The minimum atomic E-state index is -0.261. The number of amides is 1. The predicted octanol–water partition coefficient (Wildman–Crippen LogP) is 2.17. The molecular formula is C11H16BrN3O. The molecule has 0 spiro atoms. The van der Waals surface area contributed by atoms with Gasteiger partial charge in [0, 0.05) is 17.2 Å². The number of nitrogens with one attached hydrogen (secondary N) is 2. The Morgan fingerprint density at radius 1 is 1.56 bits per heavy atom. The third-order valence-corrected chi connectivity index (χ3v) is 2.46. The van der Waals surface area contributed by atoms with Crippen molar-refractivity contribution in [3.05, 3.63) is 22.9 Å². The summed E-state index contributed by atoms with van der Waals surface area (Å²) >= 11 is 3.33. The lowest BCUT2D eigenvalue weighted by Crippen LogP contribution is -2.37. The molecule has 0 aromatic carbocycles. The molecule has 0 aliphatic heterocycles. The first-order valence-corrected chi connectivity index (χ1v) is 6.07. The topological polar surface area (TPSA) is 54.0 Å². The fourth-order valence-electron chi connectivity index (χ4n) is 1.21. The molecule has 0 aliphatic carbocycles. The first-order valence-electron chi connectivity index (χ1n) is 5.28. The third-order valence-electron chi connectivity index (χ3n) is 2.03. The third kappa shape index (κ3) is 4.18. The van der Waals surface area contributed by atoms with Crippen molar-refractivity contribution >= 4 is 27.5 Å². The normalized spacial score (nSPS) is 11.9. The molecule has 1 amide bonds. The van der Waals surface area contributed by atoms with Gasteiger partial charge in [0.05, 0.1) is 11.9 Å². The highest BCUT2D eigenvalue weighted by Gasteiger charge is 2.11. The standard InChI is InChI=1S/C11H16BrN3O/c1-3-4-14-11(16)8(2)15-10-5-9(12)6-13-7-10/h5-8,15H,3-4H2,1-2H3,(H,14,16). The Morgan fingerprint density at radius 3 is 2.94 bits per heavy atom. The molecule has 0 fully saturated rings. The quantitative estimate of drug-likeness (QED) is 0.872. The number of rotatable bonds is 5. The summed E-state index contributed by atoms with van der Waals surface area (Å²) < 4.78 is 0.888. The van der Waals surface area contributed by atoms with Gasteiger partial charge in [0.2, 0.25) is 5.91 Å². The van der Waals surface area contributed by atoms with Crippen LogP contribution in [0.15, 0.2) is 22.9 Å². The molecule has 0 aliphatic rings. The van der Waals surface area contributed by atoms with Gasteiger partial charge >= 0.3 is 0 Å². The van der Waals surface area contributed by atoms with Gasteiger partial charge in [-0.25, -0.2) is 0 Å². The van der Waals surface area contributed by atoms with Crippen LogP contribution in [0, 0.1) is 0 Å². The molecule has 0 radical (unpaired) electrons. The lowest BCUT2D eigenvalue weighted by atomic mass is 10.3. The molecule has 0 bridgehead atoms. The Kier molecular flexibility index (Phi) is 5.25. The van der Waals surface area contributed by atoms with Crippen LogP contribution >= 0.6 is 15.9 Å². The second-order valence-electron chi connectivity index (χ2n) is 3.55. The average molecular weight is 286 g/mol. The van der Waals surface area contributed by atoms with Gasteiger partial charge in [0.15, 0.2) is 0 Å². The summed E-state index contributed by atoms with van der Waals surface area (Å²) in [6, 6.07) is 1.62. The predicted molar refractivity (Wildman–Crippen MR) is 68.3 cm³/mol. The monoisotopic (exact) mass is 285 g/mol. The maximum absolute atomic E-state index is 11.6. The molecule has 1 aromatic heterocycles. The molecule has 1 unspecified atom stereocenters. The van der Waals surface area contributed by atoms with Crippen molar-refractivity contribution in [2.75, 3.05) is 11.9 Å². The first-order chi connectivity index (χ1) is 7.63. The van der Waals surface area contributed by atoms with Crippen LogP contribution in [0.1, 0.15) is 20.3 Å². The minimum absolute atomic E-state index is 0.00169. The highest BCUT2D eigenvalue weighted by Crippen LogP contribution is 2.14. The molecular weight excluding hydrogens is 270 g/mol. The average Bonchev–Trinajstić information content (AvgIpc) is 2.25. The van der Waals surface area contributed by atoms with Crippen LogP contribution in [0.2, 0.25) is 0 Å². The number of hydrogen-bond donors (Lipinski definition) is 2. The van der Waals surface area contributed by atoms with Crippen molar-refractivity contribution in [2.45, 2.75) is 26.3 Å². The van der Waals surface area contributed by atoms with E-state index in [1.165, 1.54) is 0 Å². The fourth-order valence-corrected chi connectivity index (χ4v) is 1.57. The Balaban J connectivity index is 2.50. The number of pyridine rings is 1. The van der Waals surface area contributed by atoms with Crippen LogP contribution in [0.5, 0.6) is 0 Å². The zero-order chi connectivity index (χ0) is 12.0. The molecule has 0 saturated carbocycles. The van der Waals surface area contributed by atoms with E-state index in [-0.39, 0.29) is 11.9 Å². The van der Waals surface area contributed by atoms with Crippen molar-refractivity contribution in [1.82, 2.24) is 10.3 Å². The van der Waals surface area contributed by atoms with Gasteiger partial charge < -0.3 is 10.6 Å². The molecule has 1 heterocycles. The van der Waals surface area contributed by atoms with Crippen molar-refractivity contribution in [3.8, 4) is 0 Å². The second-order valence-corrected chi connectivity index (χ2v) is 4.46. The van der Waals surface area contributed by atoms with Gasteiger partial charge in [-0.05, 0) is 35.3 Å². The summed E-state index contributed by atoms with van der Waals surface area (Å²) in [6.45, 7) is 4.56. The number of carbonyl (C=O) groups is 1. The molecule has 88 valence electrons. The highest BCUT2D eigenvalue weighted by atomic mass is 79.9. The zero-order valence-electron chi connectivity index (χ0n) is 9.46. The Bertz CT molecular complexity index is 357. The van der Waals surface area contributed by atoms with Crippen LogP contribution in [-0.4, -0.2) is 23.5 Å². The molecule has 1 aromatic rings. The van der Waals surface area contributed by atoms with Crippen LogP contribution in [0.25, 0.3) is 0 Å². The number of hydrogen-bond acceptors (Lipinski definition) is 3. The van der Waals surface area contributed by atoms with Crippen LogP contribution in [-0.2, 0) is 4.79 Å². The van der Waals surface area contributed by atoms with Gasteiger partial charge in [0.25, 0.3) is 0 Å². The smallest absolute Gasteiger partial charge is 0.242 e. The van der Waals surface area contributed by atoms with Gasteiger partial charge in [0.1, 0.15) is 6.04 Å². The Hall–Kier alpha value is -1.10. The first kappa shape index (κ1) is 13.0. The maximum Gasteiger partial charge on any atom is 0.242 e. The number of halogens is 1. The summed E-state index contributed by atoms with van der Waals surface area (Å²) in [4.78, 5) is 15.6. The summed E-state index contributed by atoms with van der Waals surface area (Å²) in [6.07, 6.45) is 4.33. The van der Waals surface area contributed by atoms with Crippen molar-refractivity contribution < 1.29 is 4.79 Å². The van der Waals surface area contributed by atoms with E-state index in [1.807, 2.05) is 19.9 Å². The molecule has 0 saturated heterocycles. The van der Waals surface area contributed by atoms with E-state index in [2.05, 4.69) is 31.5 Å². The van der Waals surface area contributed by atoms with Gasteiger partial charge in [-0.1, -0.05) is 6.92 Å². The van der Waals surface area contributed by atoms with E-state index in [9.17, 15) is 4.79 Å². The van der Waals surface area contributed by atoms with Gasteiger partial charge in [-0.2, -0.15) is 0 Å². The number of anilines is 1. The Labute approximate surface area is 104 Å². The van der Waals surface area contributed by atoms with Crippen LogP contribution in [0.4, 0.5) is 5.69 Å². The number of aromatic nitrogens is 1. The maximum atomic E-state index is 11.6. The van der Waals surface area contributed by atoms with Crippen molar-refractivity contribution in [3.63, 3.8) is 0 Å². The van der Waals surface area contributed by atoms with E-state index in [1.54, 1.807) is 12.4 Å². The van der Waals surface area contributed by atoms with Gasteiger partial charge in [-0.3, -0.25) is 9.78 Å². The van der Waals surface area contributed by atoms with E-state index in [0.29, 0.717) is 6.54 Å². The van der Waals surface area contributed by atoms with E-state index < -0.39 is 0 Å². The zero-order valence-corrected chi connectivity index (χ0v) is 11.0. The largest absolute Gasteiger partial charge is 0.373 e.